The predicted molar refractivity (Wildman–Crippen MR) is 164 cm³/mol. The maximum absolute atomic E-state index is 13.9. The number of nitrogens with zero attached hydrogens (tertiary/aromatic N) is 1. The molecule has 1 aliphatic heterocycles. The Labute approximate surface area is 254 Å². The molecule has 43 heavy (non-hydrogen) atoms. The van der Waals surface area contributed by atoms with E-state index in [-0.39, 0.29) is 24.9 Å². The zero-order valence-electron chi connectivity index (χ0n) is 25.8. The largest absolute Gasteiger partial charge is 0.445 e. The molecule has 1 saturated heterocycles. The van der Waals surface area contributed by atoms with Gasteiger partial charge in [0, 0.05) is 18.5 Å². The van der Waals surface area contributed by atoms with E-state index < -0.39 is 47.7 Å². The predicted octanol–water partition coefficient (Wildman–Crippen LogP) is 3.32. The molecule has 0 aromatic heterocycles. The number of hydrogen-bond donors (Lipinski definition) is 4. The first-order chi connectivity index (χ1) is 20.3. The summed E-state index contributed by atoms with van der Waals surface area (Å²) in [5.74, 6) is -1.35. The van der Waals surface area contributed by atoms with Gasteiger partial charge in [-0.2, -0.15) is 0 Å². The summed E-state index contributed by atoms with van der Waals surface area (Å²) >= 11 is 0. The van der Waals surface area contributed by atoms with E-state index in [4.69, 9.17) is 4.74 Å². The van der Waals surface area contributed by atoms with Gasteiger partial charge in [0.05, 0.1) is 6.04 Å². The van der Waals surface area contributed by atoms with E-state index >= 15 is 0 Å². The Morgan fingerprint density at radius 2 is 1.51 bits per heavy atom. The van der Waals surface area contributed by atoms with Crippen molar-refractivity contribution in [2.45, 2.75) is 96.7 Å². The molecule has 4 N–H and O–H groups in total. The third-order valence-electron chi connectivity index (χ3n) is 7.14. The molecular weight excluding hydrogens is 548 g/mol. The van der Waals surface area contributed by atoms with E-state index in [9.17, 15) is 24.3 Å². The van der Waals surface area contributed by atoms with Crippen molar-refractivity contribution in [3.63, 3.8) is 0 Å². The maximum atomic E-state index is 13.9. The molecule has 1 fully saturated rings. The summed E-state index contributed by atoms with van der Waals surface area (Å²) in [5.41, 5.74) is 1.15. The molecule has 2 aromatic rings. The molecule has 0 bridgehead atoms. The number of alkyl carbamates (subject to hydrolysis) is 1. The lowest BCUT2D eigenvalue weighted by molar-refractivity contribution is -0.142. The van der Waals surface area contributed by atoms with Crippen molar-refractivity contribution < 1.29 is 29.0 Å². The molecule has 234 valence electrons. The van der Waals surface area contributed by atoms with Gasteiger partial charge in [0.25, 0.3) is 5.91 Å². The van der Waals surface area contributed by atoms with Gasteiger partial charge in [-0.25, -0.2) is 4.79 Å². The quantitative estimate of drug-likeness (QED) is 0.298. The van der Waals surface area contributed by atoms with E-state index in [0.29, 0.717) is 25.8 Å². The van der Waals surface area contributed by atoms with Gasteiger partial charge in [0.2, 0.25) is 11.8 Å². The molecule has 0 spiro atoms. The van der Waals surface area contributed by atoms with E-state index in [1.54, 1.807) is 0 Å². The average Bonchev–Trinajstić information content (AvgIpc) is 3.44. The van der Waals surface area contributed by atoms with Gasteiger partial charge >= 0.3 is 6.09 Å². The zero-order chi connectivity index (χ0) is 31.6. The van der Waals surface area contributed by atoms with E-state index in [0.717, 1.165) is 11.1 Å². The normalized spacial score (nSPS) is 17.1. The van der Waals surface area contributed by atoms with Crippen molar-refractivity contribution in [2.75, 3.05) is 6.54 Å². The Morgan fingerprint density at radius 1 is 0.907 bits per heavy atom. The van der Waals surface area contributed by atoms with E-state index in [1.165, 1.54) is 4.90 Å². The molecule has 0 aliphatic carbocycles. The zero-order valence-corrected chi connectivity index (χ0v) is 25.8. The number of aliphatic hydroxyl groups excluding tert-OH is 1. The van der Waals surface area contributed by atoms with Crippen molar-refractivity contribution in [1.82, 2.24) is 20.9 Å². The molecule has 2 aromatic carbocycles. The Bertz CT molecular complexity index is 1210. The van der Waals surface area contributed by atoms with Gasteiger partial charge in [-0.05, 0) is 57.1 Å². The fourth-order valence-corrected chi connectivity index (χ4v) is 5.14. The molecule has 1 unspecified atom stereocenters. The minimum atomic E-state index is -1.55. The van der Waals surface area contributed by atoms with Crippen LogP contribution >= 0.6 is 0 Å². The highest BCUT2D eigenvalue weighted by molar-refractivity contribution is 5.91. The molecule has 10 nitrogen and oxygen atoms in total. The SMILES string of the molecule is CC(C)C[C@@H](NC(=O)C(O)[C@@H]1CCCN1C(=O)[C@H](Cc1ccccc1)NC(=O)OCc1ccccc1)C(=O)NC(C)(C)C. The van der Waals surface area contributed by atoms with Crippen molar-refractivity contribution in [3.05, 3.63) is 71.8 Å². The minimum Gasteiger partial charge on any atom is -0.445 e. The lowest BCUT2D eigenvalue weighted by atomic mass is 9.99. The van der Waals surface area contributed by atoms with Crippen LogP contribution in [0.15, 0.2) is 60.7 Å². The second kappa shape index (κ2) is 15.5. The molecule has 0 radical (unpaired) electrons. The van der Waals surface area contributed by atoms with E-state index in [1.807, 2.05) is 95.3 Å². The third-order valence-corrected chi connectivity index (χ3v) is 7.14. The van der Waals surface area contributed by atoms with Gasteiger partial charge in [-0.3, -0.25) is 14.4 Å². The number of nitrogens with one attached hydrogen (secondary N) is 3. The van der Waals surface area contributed by atoms with Gasteiger partial charge in [0.15, 0.2) is 6.10 Å². The van der Waals surface area contributed by atoms with Crippen LogP contribution in [-0.2, 0) is 32.1 Å². The first-order valence-corrected chi connectivity index (χ1v) is 15.0. The number of carbonyl (C=O) groups is 4. The fraction of sp³-hybridized carbons (Fsp3) is 0.515. The van der Waals surface area contributed by atoms with Gasteiger partial charge in [0.1, 0.15) is 18.7 Å². The first kappa shape index (κ1) is 33.6. The van der Waals surface area contributed by atoms with Crippen molar-refractivity contribution in [3.8, 4) is 0 Å². The monoisotopic (exact) mass is 594 g/mol. The Morgan fingerprint density at radius 3 is 2.09 bits per heavy atom. The maximum Gasteiger partial charge on any atom is 0.408 e. The number of hydrogen-bond acceptors (Lipinski definition) is 6. The first-order valence-electron chi connectivity index (χ1n) is 15.0. The summed E-state index contributed by atoms with van der Waals surface area (Å²) in [6, 6.07) is 15.9. The van der Waals surface area contributed by atoms with Crippen molar-refractivity contribution >= 4 is 23.8 Å². The number of ether oxygens (including phenoxy) is 1. The summed E-state index contributed by atoms with van der Waals surface area (Å²) < 4.78 is 5.38. The summed E-state index contributed by atoms with van der Waals surface area (Å²) in [4.78, 5) is 54.3. The van der Waals surface area contributed by atoms with Crippen molar-refractivity contribution in [2.24, 2.45) is 5.92 Å². The second-order valence-electron chi connectivity index (χ2n) is 12.6. The molecule has 1 heterocycles. The topological polar surface area (TPSA) is 137 Å². The van der Waals surface area contributed by atoms with Crippen LogP contribution < -0.4 is 16.0 Å². The highest BCUT2D eigenvalue weighted by Gasteiger charge is 2.41. The average molecular weight is 595 g/mol. The molecular formula is C33H46N4O6. The van der Waals surface area contributed by atoms with Crippen LogP contribution in [0.1, 0.15) is 65.0 Å². The van der Waals surface area contributed by atoms with Crippen LogP contribution in [0.2, 0.25) is 0 Å². The molecule has 0 saturated carbocycles. The second-order valence-corrected chi connectivity index (χ2v) is 12.6. The summed E-state index contributed by atoms with van der Waals surface area (Å²) in [6.07, 6.45) is -0.715. The number of carbonyl (C=O) groups excluding carboxylic acids is 4. The lowest BCUT2D eigenvalue weighted by Gasteiger charge is -2.32. The number of amides is 4. The summed E-state index contributed by atoms with van der Waals surface area (Å²) in [5, 5.41) is 19.5. The fourth-order valence-electron chi connectivity index (χ4n) is 5.14. The molecule has 4 amide bonds. The Hall–Kier alpha value is -3.92. The van der Waals surface area contributed by atoms with Crippen LogP contribution in [0, 0.1) is 5.92 Å². The van der Waals surface area contributed by atoms with Crippen LogP contribution in [0.5, 0.6) is 0 Å². The molecule has 10 heteroatoms. The molecule has 1 aliphatic rings. The number of benzene rings is 2. The smallest absolute Gasteiger partial charge is 0.408 e. The standard InChI is InChI=1S/C33H46N4O6/c1-22(2)19-25(29(39)36-33(3,4)5)34-30(40)28(38)27-17-12-18-37(27)31(41)26(20-23-13-8-6-9-14-23)35-32(42)43-21-24-15-10-7-11-16-24/h6-11,13-16,22,25-28,38H,12,17-21H2,1-5H3,(H,34,40)(H,35,42)(H,36,39)/t25-,26+,27+,28?/m1/s1. The highest BCUT2D eigenvalue weighted by Crippen LogP contribution is 2.23. The highest BCUT2D eigenvalue weighted by atomic mass is 16.5. The van der Waals surface area contributed by atoms with Crippen molar-refractivity contribution in [1.29, 1.82) is 0 Å². The number of aliphatic hydroxyl groups is 1. The van der Waals surface area contributed by atoms with Crippen LogP contribution in [0.3, 0.4) is 0 Å². The third kappa shape index (κ3) is 10.7. The minimum absolute atomic E-state index is 0.0461. The van der Waals surface area contributed by atoms with Crippen LogP contribution in [0.25, 0.3) is 0 Å². The van der Waals surface area contributed by atoms with Gasteiger partial charge in [-0.1, -0.05) is 74.5 Å². The summed E-state index contributed by atoms with van der Waals surface area (Å²) in [7, 11) is 0. The van der Waals surface area contributed by atoms with Gasteiger partial charge in [-0.15, -0.1) is 0 Å². The molecule has 3 rings (SSSR count). The number of likely N-dealkylation sites (tertiary alicyclic amines) is 1. The van der Waals surface area contributed by atoms with Crippen LogP contribution in [0.4, 0.5) is 4.79 Å². The van der Waals surface area contributed by atoms with E-state index in [2.05, 4.69) is 16.0 Å². The lowest BCUT2D eigenvalue weighted by Crippen LogP contribution is -2.58. The van der Waals surface area contributed by atoms with Gasteiger partial charge < -0.3 is 30.7 Å². The molecule has 4 atom stereocenters. The Balaban J connectivity index is 1.73. The Kier molecular flexibility index (Phi) is 12.1. The van der Waals surface area contributed by atoms with Crippen LogP contribution in [-0.4, -0.2) is 70.1 Å². The summed E-state index contributed by atoms with van der Waals surface area (Å²) in [6.45, 7) is 9.82. The number of rotatable bonds is 12.